The average Bonchev–Trinajstić information content (AvgIpc) is 3.42. The van der Waals surface area contributed by atoms with Gasteiger partial charge in [0.1, 0.15) is 22.6 Å². The zero-order chi connectivity index (χ0) is 22.6. The van der Waals surface area contributed by atoms with Crippen molar-refractivity contribution in [2.45, 2.75) is 32.4 Å². The Morgan fingerprint density at radius 1 is 1.22 bits per heavy atom. The molecule has 1 fully saturated rings. The molecule has 0 bridgehead atoms. The zero-order valence-corrected chi connectivity index (χ0v) is 18.8. The molecule has 1 N–H and O–H groups in total. The number of amides is 1. The van der Waals surface area contributed by atoms with Gasteiger partial charge in [-0.25, -0.2) is 0 Å². The van der Waals surface area contributed by atoms with Crippen molar-refractivity contribution in [2.24, 2.45) is 0 Å². The number of fused-ring (bicyclic) bond motifs is 1. The SMILES string of the molecule is Cc1nnc(N2C(=O)C(=O)/C(=C(/O)c3ccc4c(c3)C[C@@H](C)O4)[C@H]2c2cccc(Cl)c2)s1. The molecular formula is C23H18ClN3O4S. The smallest absolute Gasteiger partial charge is 0.301 e. The molecule has 0 radical (unpaired) electrons. The minimum atomic E-state index is -0.885. The molecule has 32 heavy (non-hydrogen) atoms. The van der Waals surface area contributed by atoms with Crippen LogP contribution in [0.2, 0.25) is 5.02 Å². The van der Waals surface area contributed by atoms with E-state index in [9.17, 15) is 14.7 Å². The van der Waals surface area contributed by atoms with Gasteiger partial charge in [0.2, 0.25) is 5.13 Å². The predicted molar refractivity (Wildman–Crippen MR) is 121 cm³/mol. The Morgan fingerprint density at radius 2 is 2.03 bits per heavy atom. The monoisotopic (exact) mass is 467 g/mol. The number of hydrogen-bond acceptors (Lipinski definition) is 7. The lowest BCUT2D eigenvalue weighted by atomic mass is 9.94. The number of aliphatic hydroxyl groups excluding tert-OH is 1. The first kappa shape index (κ1) is 20.7. The molecule has 0 spiro atoms. The number of halogens is 1. The summed E-state index contributed by atoms with van der Waals surface area (Å²) < 4.78 is 5.73. The lowest BCUT2D eigenvalue weighted by Crippen LogP contribution is -2.29. The van der Waals surface area contributed by atoms with Crippen LogP contribution < -0.4 is 9.64 Å². The van der Waals surface area contributed by atoms with E-state index in [4.69, 9.17) is 16.3 Å². The van der Waals surface area contributed by atoms with Gasteiger partial charge in [-0.05, 0) is 55.3 Å². The van der Waals surface area contributed by atoms with Gasteiger partial charge in [0, 0.05) is 17.0 Å². The van der Waals surface area contributed by atoms with Crippen LogP contribution >= 0.6 is 22.9 Å². The number of carbonyl (C=O) groups is 2. The second-order valence-corrected chi connectivity index (χ2v) is 9.38. The molecule has 5 rings (SSSR count). The summed E-state index contributed by atoms with van der Waals surface area (Å²) in [7, 11) is 0. The largest absolute Gasteiger partial charge is 0.507 e. The van der Waals surface area contributed by atoms with Gasteiger partial charge in [0.15, 0.2) is 0 Å². The van der Waals surface area contributed by atoms with Gasteiger partial charge in [0.05, 0.1) is 11.6 Å². The van der Waals surface area contributed by atoms with Crippen molar-refractivity contribution in [1.82, 2.24) is 10.2 Å². The van der Waals surface area contributed by atoms with Gasteiger partial charge in [-0.15, -0.1) is 10.2 Å². The second kappa shape index (κ2) is 7.72. The maximum Gasteiger partial charge on any atom is 0.301 e. The van der Waals surface area contributed by atoms with E-state index in [1.54, 1.807) is 49.4 Å². The first-order chi connectivity index (χ1) is 15.3. The van der Waals surface area contributed by atoms with E-state index in [1.165, 1.54) is 16.2 Å². The topological polar surface area (TPSA) is 92.6 Å². The molecule has 2 aliphatic rings. The highest BCUT2D eigenvalue weighted by Gasteiger charge is 2.48. The zero-order valence-electron chi connectivity index (χ0n) is 17.2. The van der Waals surface area contributed by atoms with E-state index in [0.717, 1.165) is 11.3 Å². The van der Waals surface area contributed by atoms with Crippen molar-refractivity contribution in [3.05, 3.63) is 74.8 Å². The molecule has 3 heterocycles. The van der Waals surface area contributed by atoms with Gasteiger partial charge < -0.3 is 9.84 Å². The van der Waals surface area contributed by atoms with E-state index in [-0.39, 0.29) is 22.6 Å². The molecule has 2 aliphatic heterocycles. The van der Waals surface area contributed by atoms with Gasteiger partial charge in [-0.1, -0.05) is 35.1 Å². The normalized spacial score (nSPS) is 21.7. The molecule has 3 aromatic rings. The number of anilines is 1. The summed E-state index contributed by atoms with van der Waals surface area (Å²) in [4.78, 5) is 27.5. The molecule has 162 valence electrons. The van der Waals surface area contributed by atoms with Crippen molar-refractivity contribution in [2.75, 3.05) is 4.90 Å². The number of hydrogen-bond donors (Lipinski definition) is 1. The maximum atomic E-state index is 13.2. The predicted octanol–water partition coefficient (Wildman–Crippen LogP) is 4.45. The first-order valence-corrected chi connectivity index (χ1v) is 11.2. The third-order valence-corrected chi connectivity index (χ3v) is 6.57. The number of ketones is 1. The molecule has 0 aliphatic carbocycles. The number of rotatable bonds is 3. The van der Waals surface area contributed by atoms with E-state index in [1.807, 2.05) is 6.92 Å². The lowest BCUT2D eigenvalue weighted by molar-refractivity contribution is -0.132. The van der Waals surface area contributed by atoms with Gasteiger partial charge in [0.25, 0.3) is 5.78 Å². The summed E-state index contributed by atoms with van der Waals surface area (Å²) >= 11 is 7.41. The molecule has 1 aromatic heterocycles. The lowest BCUT2D eigenvalue weighted by Gasteiger charge is -2.22. The Balaban J connectivity index is 1.69. The minimum absolute atomic E-state index is 0.0166. The Morgan fingerprint density at radius 3 is 2.75 bits per heavy atom. The van der Waals surface area contributed by atoms with E-state index in [2.05, 4.69) is 10.2 Å². The second-order valence-electron chi connectivity index (χ2n) is 7.78. The summed E-state index contributed by atoms with van der Waals surface area (Å²) in [6, 6.07) is 11.2. The molecule has 7 nitrogen and oxygen atoms in total. The third-order valence-electron chi connectivity index (χ3n) is 5.50. The summed E-state index contributed by atoms with van der Waals surface area (Å²) in [5.41, 5.74) is 1.95. The van der Waals surface area contributed by atoms with Gasteiger partial charge in [-0.2, -0.15) is 0 Å². The standard InChI is InChI=1S/C23H18ClN3O4S/c1-11-8-15-9-14(6-7-17(15)31-11)20(28)18-19(13-4-3-5-16(24)10-13)27(22(30)21(18)29)23-26-25-12(2)32-23/h3-7,9-11,19,28H,8H2,1-2H3/b20-18+/t11-,19-/m1/s1. The third kappa shape index (κ3) is 3.36. The fourth-order valence-electron chi connectivity index (χ4n) is 4.13. The van der Waals surface area contributed by atoms with Crippen LogP contribution in [0.4, 0.5) is 5.13 Å². The molecule has 1 saturated heterocycles. The molecule has 1 amide bonds. The fourth-order valence-corrected chi connectivity index (χ4v) is 5.04. The highest BCUT2D eigenvalue weighted by atomic mass is 35.5. The molecule has 2 aromatic carbocycles. The number of Topliss-reactive ketones (excluding diaryl/α,β-unsaturated/α-hetero) is 1. The quantitative estimate of drug-likeness (QED) is 0.347. The number of aliphatic hydroxyl groups is 1. The van der Waals surface area contributed by atoms with Crippen LogP contribution in [0.25, 0.3) is 5.76 Å². The van der Waals surface area contributed by atoms with Crippen LogP contribution in [-0.2, 0) is 16.0 Å². The minimum Gasteiger partial charge on any atom is -0.507 e. The number of nitrogens with zero attached hydrogens (tertiary/aromatic N) is 3. The highest BCUT2D eigenvalue weighted by Crippen LogP contribution is 2.44. The molecule has 9 heteroatoms. The van der Waals surface area contributed by atoms with Gasteiger partial charge in [-0.3, -0.25) is 14.5 Å². The fraction of sp³-hybridized carbons (Fsp3) is 0.217. The van der Waals surface area contributed by atoms with E-state index < -0.39 is 17.7 Å². The highest BCUT2D eigenvalue weighted by molar-refractivity contribution is 7.15. The van der Waals surface area contributed by atoms with Crippen molar-refractivity contribution in [3.63, 3.8) is 0 Å². The number of aromatic nitrogens is 2. The van der Waals surface area contributed by atoms with Gasteiger partial charge >= 0.3 is 5.91 Å². The van der Waals surface area contributed by atoms with E-state index in [0.29, 0.717) is 27.6 Å². The molecule has 0 unspecified atom stereocenters. The van der Waals surface area contributed by atoms with Crippen molar-refractivity contribution < 1.29 is 19.4 Å². The van der Waals surface area contributed by atoms with Crippen LogP contribution in [0.3, 0.4) is 0 Å². The number of aryl methyl sites for hydroxylation is 1. The Labute approximate surface area is 192 Å². The molecule has 2 atom stereocenters. The number of benzene rings is 2. The van der Waals surface area contributed by atoms with Crippen LogP contribution in [0.1, 0.15) is 34.7 Å². The van der Waals surface area contributed by atoms with Crippen LogP contribution in [0.15, 0.2) is 48.0 Å². The van der Waals surface area contributed by atoms with E-state index >= 15 is 0 Å². The first-order valence-electron chi connectivity index (χ1n) is 10.00. The Bertz CT molecular complexity index is 1300. The molecular weight excluding hydrogens is 450 g/mol. The van der Waals surface area contributed by atoms with Crippen molar-refractivity contribution in [3.8, 4) is 5.75 Å². The number of ether oxygens (including phenoxy) is 1. The van der Waals surface area contributed by atoms with Crippen LogP contribution in [0, 0.1) is 6.92 Å². The Kier molecular flexibility index (Phi) is 4.98. The molecule has 0 saturated carbocycles. The van der Waals surface area contributed by atoms with Crippen LogP contribution in [-0.4, -0.2) is 33.1 Å². The summed E-state index contributed by atoms with van der Waals surface area (Å²) in [5.74, 6) is -1.05. The summed E-state index contributed by atoms with van der Waals surface area (Å²) in [5, 5.41) is 20.7. The van der Waals surface area contributed by atoms with Crippen LogP contribution in [0.5, 0.6) is 5.75 Å². The number of carbonyl (C=O) groups excluding carboxylic acids is 2. The average molecular weight is 468 g/mol. The maximum absolute atomic E-state index is 13.2. The van der Waals surface area contributed by atoms with Crippen molar-refractivity contribution >= 4 is 45.5 Å². The van der Waals surface area contributed by atoms with Crippen molar-refractivity contribution in [1.29, 1.82) is 0 Å². The summed E-state index contributed by atoms with van der Waals surface area (Å²) in [6.07, 6.45) is 0.743. The summed E-state index contributed by atoms with van der Waals surface area (Å²) in [6.45, 7) is 3.73. The Hall–Kier alpha value is -3.23.